The fourth-order valence-electron chi connectivity index (χ4n) is 1.86. The minimum Gasteiger partial charge on any atom is -0.395 e. The van der Waals surface area contributed by atoms with Crippen LogP contribution in [0.1, 0.15) is 32.6 Å². The van der Waals surface area contributed by atoms with Gasteiger partial charge in [-0.05, 0) is 25.9 Å². The van der Waals surface area contributed by atoms with E-state index in [2.05, 4.69) is 11.8 Å². The number of hydrogen-bond acceptors (Lipinski definition) is 2. The largest absolute Gasteiger partial charge is 0.395 e. The maximum absolute atomic E-state index is 9.08. The molecule has 1 saturated heterocycles. The average molecular weight is 157 g/mol. The van der Waals surface area contributed by atoms with Gasteiger partial charge in [-0.2, -0.15) is 0 Å². The Morgan fingerprint density at radius 1 is 1.36 bits per heavy atom. The Bertz CT molecular complexity index is 93.7. The SMILES string of the molecule is CCN1CCCCCC1CO. The second kappa shape index (κ2) is 4.73. The molecule has 0 radical (unpaired) electrons. The van der Waals surface area contributed by atoms with E-state index in [0.717, 1.165) is 6.54 Å². The van der Waals surface area contributed by atoms with Crippen molar-refractivity contribution in [2.45, 2.75) is 38.6 Å². The van der Waals surface area contributed by atoms with Crippen molar-refractivity contribution in [2.75, 3.05) is 19.7 Å². The van der Waals surface area contributed by atoms with E-state index in [1.807, 2.05) is 0 Å². The summed E-state index contributed by atoms with van der Waals surface area (Å²) in [5.41, 5.74) is 0. The van der Waals surface area contributed by atoms with Gasteiger partial charge >= 0.3 is 0 Å². The van der Waals surface area contributed by atoms with Gasteiger partial charge in [0.25, 0.3) is 0 Å². The Morgan fingerprint density at radius 2 is 2.18 bits per heavy atom. The fraction of sp³-hybridized carbons (Fsp3) is 1.00. The van der Waals surface area contributed by atoms with E-state index in [4.69, 9.17) is 5.11 Å². The molecule has 2 nitrogen and oxygen atoms in total. The van der Waals surface area contributed by atoms with E-state index in [9.17, 15) is 0 Å². The van der Waals surface area contributed by atoms with Gasteiger partial charge < -0.3 is 5.11 Å². The highest BCUT2D eigenvalue weighted by Gasteiger charge is 2.17. The molecule has 66 valence electrons. The lowest BCUT2D eigenvalue weighted by atomic mass is 10.1. The normalized spacial score (nSPS) is 28.4. The first kappa shape index (κ1) is 9.01. The molecule has 0 aromatic rings. The molecule has 1 rings (SSSR count). The summed E-state index contributed by atoms with van der Waals surface area (Å²) in [7, 11) is 0. The van der Waals surface area contributed by atoms with Crippen LogP contribution in [0, 0.1) is 0 Å². The maximum Gasteiger partial charge on any atom is 0.0586 e. The first-order valence-electron chi connectivity index (χ1n) is 4.73. The van der Waals surface area contributed by atoms with Crippen molar-refractivity contribution in [3.8, 4) is 0 Å². The number of aliphatic hydroxyl groups is 1. The van der Waals surface area contributed by atoms with Gasteiger partial charge in [-0.25, -0.2) is 0 Å². The van der Waals surface area contributed by atoms with Gasteiger partial charge in [0.15, 0.2) is 0 Å². The number of likely N-dealkylation sites (N-methyl/N-ethyl adjacent to an activating group) is 1. The van der Waals surface area contributed by atoms with Crippen molar-refractivity contribution in [1.29, 1.82) is 0 Å². The lowest BCUT2D eigenvalue weighted by molar-refractivity contribution is 0.130. The van der Waals surface area contributed by atoms with Crippen LogP contribution in [-0.2, 0) is 0 Å². The Balaban J connectivity index is 2.41. The standard InChI is InChI=1S/C9H19NO/c1-2-10-7-5-3-4-6-9(10)8-11/h9,11H,2-8H2,1H3. The van der Waals surface area contributed by atoms with Gasteiger partial charge in [0.2, 0.25) is 0 Å². The molecule has 0 spiro atoms. The molecular weight excluding hydrogens is 138 g/mol. The molecule has 1 fully saturated rings. The van der Waals surface area contributed by atoms with Gasteiger partial charge in [0.1, 0.15) is 0 Å². The van der Waals surface area contributed by atoms with E-state index in [1.165, 1.54) is 32.2 Å². The fourth-order valence-corrected chi connectivity index (χ4v) is 1.86. The zero-order chi connectivity index (χ0) is 8.10. The van der Waals surface area contributed by atoms with E-state index in [-0.39, 0.29) is 0 Å². The number of aliphatic hydroxyl groups excluding tert-OH is 1. The molecule has 1 unspecified atom stereocenters. The number of likely N-dealkylation sites (tertiary alicyclic amines) is 1. The van der Waals surface area contributed by atoms with E-state index >= 15 is 0 Å². The van der Waals surface area contributed by atoms with E-state index in [1.54, 1.807) is 0 Å². The minimum absolute atomic E-state index is 0.341. The average Bonchev–Trinajstić information content (AvgIpc) is 2.27. The zero-order valence-electron chi connectivity index (χ0n) is 7.42. The molecule has 0 aromatic carbocycles. The number of nitrogens with zero attached hydrogens (tertiary/aromatic N) is 1. The van der Waals surface area contributed by atoms with Crippen LogP contribution >= 0.6 is 0 Å². The molecule has 0 amide bonds. The Kier molecular flexibility index (Phi) is 3.87. The molecule has 0 bridgehead atoms. The van der Waals surface area contributed by atoms with Crippen LogP contribution in [0.5, 0.6) is 0 Å². The third-order valence-corrected chi connectivity index (χ3v) is 2.62. The monoisotopic (exact) mass is 157 g/mol. The summed E-state index contributed by atoms with van der Waals surface area (Å²) in [4.78, 5) is 2.40. The van der Waals surface area contributed by atoms with Gasteiger partial charge in [-0.1, -0.05) is 19.8 Å². The third kappa shape index (κ3) is 2.46. The molecule has 0 saturated carbocycles. The highest BCUT2D eigenvalue weighted by atomic mass is 16.3. The van der Waals surface area contributed by atoms with Crippen molar-refractivity contribution in [3.05, 3.63) is 0 Å². The smallest absolute Gasteiger partial charge is 0.0586 e. The molecule has 11 heavy (non-hydrogen) atoms. The number of hydrogen-bond donors (Lipinski definition) is 1. The van der Waals surface area contributed by atoms with Crippen LogP contribution in [0.25, 0.3) is 0 Å². The van der Waals surface area contributed by atoms with Gasteiger partial charge in [-0.15, -0.1) is 0 Å². The predicted molar refractivity (Wildman–Crippen MR) is 46.6 cm³/mol. The second-order valence-electron chi connectivity index (χ2n) is 3.31. The van der Waals surface area contributed by atoms with Crippen LogP contribution in [-0.4, -0.2) is 35.7 Å². The highest BCUT2D eigenvalue weighted by molar-refractivity contribution is 4.73. The second-order valence-corrected chi connectivity index (χ2v) is 3.31. The molecule has 1 aliphatic heterocycles. The summed E-state index contributed by atoms with van der Waals surface area (Å²) in [6.07, 6.45) is 5.13. The van der Waals surface area contributed by atoms with Crippen molar-refractivity contribution < 1.29 is 5.11 Å². The molecule has 1 aliphatic rings. The van der Waals surface area contributed by atoms with E-state index in [0.29, 0.717) is 12.6 Å². The maximum atomic E-state index is 9.08. The molecular formula is C9H19NO. The van der Waals surface area contributed by atoms with Crippen molar-refractivity contribution >= 4 is 0 Å². The summed E-state index contributed by atoms with van der Waals surface area (Å²) in [5, 5.41) is 9.08. The molecule has 2 heteroatoms. The van der Waals surface area contributed by atoms with Crippen LogP contribution in [0.15, 0.2) is 0 Å². The van der Waals surface area contributed by atoms with Crippen LogP contribution in [0.4, 0.5) is 0 Å². The molecule has 1 heterocycles. The van der Waals surface area contributed by atoms with Crippen molar-refractivity contribution in [1.82, 2.24) is 4.90 Å². The minimum atomic E-state index is 0.341. The first-order valence-corrected chi connectivity index (χ1v) is 4.73. The lowest BCUT2D eigenvalue weighted by Gasteiger charge is -2.26. The van der Waals surface area contributed by atoms with Crippen LogP contribution in [0.3, 0.4) is 0 Å². The van der Waals surface area contributed by atoms with Crippen molar-refractivity contribution in [3.63, 3.8) is 0 Å². The molecule has 1 atom stereocenters. The summed E-state index contributed by atoms with van der Waals surface area (Å²) >= 11 is 0. The van der Waals surface area contributed by atoms with Crippen LogP contribution in [0.2, 0.25) is 0 Å². The summed E-state index contributed by atoms with van der Waals surface area (Å²) in [6.45, 7) is 4.79. The first-order chi connectivity index (χ1) is 5.38. The van der Waals surface area contributed by atoms with Crippen LogP contribution < -0.4 is 0 Å². The summed E-state index contributed by atoms with van der Waals surface area (Å²) < 4.78 is 0. The predicted octanol–water partition coefficient (Wildman–Crippen LogP) is 1.24. The Hall–Kier alpha value is -0.0800. The molecule has 1 N–H and O–H groups in total. The lowest BCUT2D eigenvalue weighted by Crippen LogP contribution is -2.37. The zero-order valence-corrected chi connectivity index (χ0v) is 7.42. The quantitative estimate of drug-likeness (QED) is 0.652. The topological polar surface area (TPSA) is 23.5 Å². The van der Waals surface area contributed by atoms with E-state index < -0.39 is 0 Å². The van der Waals surface area contributed by atoms with Gasteiger partial charge in [0, 0.05) is 6.04 Å². The van der Waals surface area contributed by atoms with Gasteiger partial charge in [0.05, 0.1) is 6.61 Å². The third-order valence-electron chi connectivity index (χ3n) is 2.62. The number of rotatable bonds is 2. The highest BCUT2D eigenvalue weighted by Crippen LogP contribution is 2.15. The molecule has 0 aromatic heterocycles. The van der Waals surface area contributed by atoms with Gasteiger partial charge in [-0.3, -0.25) is 4.90 Å². The summed E-state index contributed by atoms with van der Waals surface area (Å²) in [6, 6.07) is 0.447. The molecule has 0 aliphatic carbocycles. The summed E-state index contributed by atoms with van der Waals surface area (Å²) in [5.74, 6) is 0. The Morgan fingerprint density at radius 3 is 2.82 bits per heavy atom. The van der Waals surface area contributed by atoms with Crippen molar-refractivity contribution in [2.24, 2.45) is 0 Å². The Labute approximate surface area is 69.2 Å².